The molecule has 0 aliphatic rings. The third kappa shape index (κ3) is 6.19. The minimum Gasteiger partial charge on any atom is -0.391 e. The van der Waals surface area contributed by atoms with Crippen LogP contribution in [0.1, 0.15) is 78.6 Å². The van der Waals surface area contributed by atoms with Gasteiger partial charge < -0.3 is 10.0 Å². The molecule has 0 amide bonds. The van der Waals surface area contributed by atoms with E-state index in [1.807, 2.05) is 0 Å². The predicted octanol–water partition coefficient (Wildman–Crippen LogP) is 4.22. The van der Waals surface area contributed by atoms with Crippen molar-refractivity contribution in [3.63, 3.8) is 0 Å². The molecule has 0 saturated carbocycles. The molecule has 0 heterocycles. The predicted molar refractivity (Wildman–Crippen MR) is 81.0 cm³/mol. The largest absolute Gasteiger partial charge is 0.391 e. The molecule has 0 aliphatic carbocycles. The molecule has 0 aliphatic heterocycles. The molecule has 0 radical (unpaired) electrons. The molecule has 1 N–H and O–H groups in total. The highest BCUT2D eigenvalue weighted by molar-refractivity contribution is 4.88. The van der Waals surface area contributed by atoms with E-state index in [1.54, 1.807) is 0 Å². The first-order valence-electron chi connectivity index (χ1n) is 7.84. The fraction of sp³-hybridized carbons (Fsp3) is 1.00. The molecule has 18 heavy (non-hydrogen) atoms. The quantitative estimate of drug-likeness (QED) is 0.560. The van der Waals surface area contributed by atoms with Crippen molar-refractivity contribution >= 4 is 0 Å². The molecule has 2 nitrogen and oxygen atoms in total. The summed E-state index contributed by atoms with van der Waals surface area (Å²) in [4.78, 5) is 2.17. The molecular formula is C16H35NO. The van der Waals surface area contributed by atoms with Crippen LogP contribution in [-0.2, 0) is 0 Å². The van der Waals surface area contributed by atoms with Crippen LogP contribution >= 0.6 is 0 Å². The van der Waals surface area contributed by atoms with Crippen LogP contribution in [0.15, 0.2) is 0 Å². The lowest BCUT2D eigenvalue weighted by Crippen LogP contribution is -2.50. The van der Waals surface area contributed by atoms with Crippen LogP contribution < -0.4 is 0 Å². The van der Waals surface area contributed by atoms with Gasteiger partial charge in [0.15, 0.2) is 0 Å². The average Bonchev–Trinajstić information content (AvgIpc) is 2.36. The van der Waals surface area contributed by atoms with Crippen LogP contribution in [-0.4, -0.2) is 35.7 Å². The maximum atomic E-state index is 10.3. The van der Waals surface area contributed by atoms with Gasteiger partial charge in [-0.15, -0.1) is 0 Å². The number of rotatable bonds is 11. The van der Waals surface area contributed by atoms with Crippen LogP contribution in [0.2, 0.25) is 0 Å². The van der Waals surface area contributed by atoms with Gasteiger partial charge >= 0.3 is 0 Å². The number of hydrogen-bond donors (Lipinski definition) is 1. The van der Waals surface area contributed by atoms with E-state index in [-0.39, 0.29) is 11.6 Å². The Morgan fingerprint density at radius 3 is 1.89 bits per heavy atom. The third-order valence-corrected chi connectivity index (χ3v) is 4.54. The molecule has 2 heteroatoms. The van der Waals surface area contributed by atoms with Crippen LogP contribution in [0, 0.1) is 0 Å². The number of nitrogens with zero attached hydrogens (tertiary/aromatic N) is 1. The van der Waals surface area contributed by atoms with Gasteiger partial charge in [0.2, 0.25) is 0 Å². The van der Waals surface area contributed by atoms with Gasteiger partial charge in [0.05, 0.1) is 6.10 Å². The molecule has 0 aromatic rings. The summed E-state index contributed by atoms with van der Waals surface area (Å²) in [5, 5.41) is 10.3. The number of hydrogen-bond acceptors (Lipinski definition) is 2. The van der Waals surface area contributed by atoms with Gasteiger partial charge in [-0.25, -0.2) is 0 Å². The summed E-state index contributed by atoms with van der Waals surface area (Å²) in [5.74, 6) is 0. The Bertz CT molecular complexity index is 194. The number of likely N-dealkylation sites (N-methyl/N-ethyl adjacent to an activating group) is 1. The summed E-state index contributed by atoms with van der Waals surface area (Å²) in [6.45, 7) is 6.58. The minimum atomic E-state index is -0.201. The Hall–Kier alpha value is -0.0800. The molecule has 0 bridgehead atoms. The van der Waals surface area contributed by atoms with Crippen molar-refractivity contribution in [2.45, 2.75) is 90.2 Å². The summed E-state index contributed by atoms with van der Waals surface area (Å²) in [6, 6.07) is 0. The zero-order valence-corrected chi connectivity index (χ0v) is 13.3. The Balaban J connectivity index is 3.72. The van der Waals surface area contributed by atoms with Gasteiger partial charge in [0.25, 0.3) is 0 Å². The highest BCUT2D eigenvalue weighted by Gasteiger charge is 2.32. The normalized spacial score (nSPS) is 16.8. The molecule has 0 saturated heterocycles. The zero-order valence-electron chi connectivity index (χ0n) is 13.3. The van der Waals surface area contributed by atoms with Gasteiger partial charge in [-0.05, 0) is 33.9 Å². The average molecular weight is 257 g/mol. The second kappa shape index (κ2) is 9.80. The summed E-state index contributed by atoms with van der Waals surface area (Å²) < 4.78 is 0. The van der Waals surface area contributed by atoms with E-state index in [4.69, 9.17) is 0 Å². The lowest BCUT2D eigenvalue weighted by molar-refractivity contribution is -0.00379. The van der Waals surface area contributed by atoms with Gasteiger partial charge in [-0.2, -0.15) is 0 Å². The molecule has 0 fully saturated rings. The van der Waals surface area contributed by atoms with Crippen molar-refractivity contribution < 1.29 is 5.11 Å². The SMILES string of the molecule is CCCCCCCCCC(O)C(C)(CC)N(C)C. The van der Waals surface area contributed by atoms with Crippen molar-refractivity contribution in [1.82, 2.24) is 4.90 Å². The second-order valence-corrected chi connectivity index (χ2v) is 6.03. The number of aliphatic hydroxyl groups excluding tert-OH is 1. The first kappa shape index (κ1) is 17.9. The van der Waals surface area contributed by atoms with Gasteiger partial charge in [-0.1, -0.05) is 58.8 Å². The zero-order chi connectivity index (χ0) is 14.0. The first-order valence-corrected chi connectivity index (χ1v) is 7.84. The summed E-state index contributed by atoms with van der Waals surface area (Å²) in [5.41, 5.74) is -0.0673. The molecular weight excluding hydrogens is 222 g/mol. The lowest BCUT2D eigenvalue weighted by atomic mass is 9.87. The van der Waals surface area contributed by atoms with E-state index in [2.05, 4.69) is 39.8 Å². The van der Waals surface area contributed by atoms with Crippen molar-refractivity contribution in [2.75, 3.05) is 14.1 Å². The minimum absolute atomic E-state index is 0.0673. The van der Waals surface area contributed by atoms with E-state index in [0.717, 1.165) is 19.3 Å². The Labute approximate surface area is 115 Å². The fourth-order valence-electron chi connectivity index (χ4n) is 2.46. The van der Waals surface area contributed by atoms with E-state index < -0.39 is 0 Å². The highest BCUT2D eigenvalue weighted by Crippen LogP contribution is 2.24. The summed E-state index contributed by atoms with van der Waals surface area (Å²) in [6.07, 6.45) is 10.9. The van der Waals surface area contributed by atoms with Crippen molar-refractivity contribution in [3.8, 4) is 0 Å². The van der Waals surface area contributed by atoms with Crippen LogP contribution in [0.25, 0.3) is 0 Å². The molecule has 2 unspecified atom stereocenters. The number of unbranched alkanes of at least 4 members (excludes halogenated alkanes) is 6. The van der Waals surface area contributed by atoms with E-state index in [1.165, 1.54) is 38.5 Å². The lowest BCUT2D eigenvalue weighted by Gasteiger charge is -2.40. The Kier molecular flexibility index (Phi) is 9.76. The van der Waals surface area contributed by atoms with Crippen LogP contribution in [0.5, 0.6) is 0 Å². The Morgan fingerprint density at radius 2 is 1.44 bits per heavy atom. The molecule has 0 aromatic carbocycles. The summed E-state index contributed by atoms with van der Waals surface area (Å²) in [7, 11) is 4.13. The van der Waals surface area contributed by atoms with Crippen molar-refractivity contribution in [1.29, 1.82) is 0 Å². The highest BCUT2D eigenvalue weighted by atomic mass is 16.3. The molecule has 110 valence electrons. The monoisotopic (exact) mass is 257 g/mol. The topological polar surface area (TPSA) is 23.5 Å². The first-order chi connectivity index (χ1) is 8.49. The van der Waals surface area contributed by atoms with Crippen LogP contribution in [0.3, 0.4) is 0 Å². The maximum Gasteiger partial charge on any atom is 0.0720 e. The maximum absolute atomic E-state index is 10.3. The fourth-order valence-corrected chi connectivity index (χ4v) is 2.46. The van der Waals surface area contributed by atoms with Gasteiger partial charge in [0, 0.05) is 5.54 Å². The standard InChI is InChI=1S/C16H35NO/c1-6-8-9-10-11-12-13-14-15(18)16(3,7-2)17(4)5/h15,18H,6-14H2,1-5H3. The third-order valence-electron chi connectivity index (χ3n) is 4.54. The van der Waals surface area contributed by atoms with E-state index in [0.29, 0.717) is 0 Å². The molecule has 0 rings (SSSR count). The summed E-state index contributed by atoms with van der Waals surface area (Å²) >= 11 is 0. The van der Waals surface area contributed by atoms with Crippen molar-refractivity contribution in [2.24, 2.45) is 0 Å². The van der Waals surface area contributed by atoms with Gasteiger partial charge in [0.1, 0.15) is 0 Å². The number of aliphatic hydroxyl groups is 1. The molecule has 0 aromatic heterocycles. The second-order valence-electron chi connectivity index (χ2n) is 6.03. The van der Waals surface area contributed by atoms with E-state index in [9.17, 15) is 5.11 Å². The smallest absolute Gasteiger partial charge is 0.0720 e. The van der Waals surface area contributed by atoms with Gasteiger partial charge in [-0.3, -0.25) is 0 Å². The van der Waals surface area contributed by atoms with E-state index >= 15 is 0 Å². The molecule has 2 atom stereocenters. The Morgan fingerprint density at radius 1 is 0.944 bits per heavy atom. The molecule has 0 spiro atoms. The van der Waals surface area contributed by atoms with Crippen molar-refractivity contribution in [3.05, 3.63) is 0 Å². The van der Waals surface area contributed by atoms with Crippen LogP contribution in [0.4, 0.5) is 0 Å².